The Hall–Kier alpha value is 0.110. The number of unbranched alkanes of at least 4 members (excludes halogenated alkanes) is 20. The maximum Gasteiger partial charge on any atom is 0.318 e. The van der Waals surface area contributed by atoms with Crippen LogP contribution in [0, 0.1) is 0 Å². The molecule has 0 fully saturated rings. The van der Waals surface area contributed by atoms with Gasteiger partial charge in [-0.05, 0) is 12.8 Å². The summed E-state index contributed by atoms with van der Waals surface area (Å²) < 4.78 is 14.9. The molecule has 2 atom stereocenters. The first-order valence-corrected chi connectivity index (χ1v) is 14.0. The molecule has 0 rings (SSSR count). The summed E-state index contributed by atoms with van der Waals surface area (Å²) in [5.74, 6) is 0. The third-order valence-corrected chi connectivity index (χ3v) is 6.27. The minimum absolute atomic E-state index is 0.454. The van der Waals surface area contributed by atoms with Crippen molar-refractivity contribution in [3.8, 4) is 0 Å². The van der Waals surface area contributed by atoms with Crippen molar-refractivity contribution in [2.75, 3.05) is 0 Å². The molecule has 0 saturated heterocycles. The van der Waals surface area contributed by atoms with Crippen molar-refractivity contribution in [3.05, 3.63) is 0 Å². The average molecular weight is 435 g/mol. The molecule has 0 saturated carbocycles. The monoisotopic (exact) mass is 434 g/mol. The highest BCUT2D eigenvalue weighted by atomic mass is 31.1. The first kappa shape index (κ1) is 29.1. The minimum Gasteiger partial charge on any atom is -0.368 e. The lowest BCUT2D eigenvalue weighted by Crippen LogP contribution is -2.06. The van der Waals surface area contributed by atoms with Gasteiger partial charge in [0.1, 0.15) is 0 Å². The molecular weight excluding hydrogens is 383 g/mol. The molecule has 0 radical (unpaired) electrons. The zero-order chi connectivity index (χ0) is 21.4. The van der Waals surface area contributed by atoms with E-state index in [4.69, 9.17) is 4.89 Å². The molecule has 2 N–H and O–H groups in total. The normalized spacial score (nSPS) is 13.6. The van der Waals surface area contributed by atoms with Crippen LogP contribution < -0.4 is 0 Å². The average Bonchev–Trinajstić information content (AvgIpc) is 2.68. The second-order valence-electron chi connectivity index (χ2n) is 8.70. The summed E-state index contributed by atoms with van der Waals surface area (Å²) in [7, 11) is -3.01. The molecular formula is C24H51O4P. The number of hydrogen-bond acceptors (Lipinski definition) is 3. The third kappa shape index (κ3) is 26.1. The van der Waals surface area contributed by atoms with Gasteiger partial charge in [-0.2, -0.15) is 0 Å². The maximum absolute atomic E-state index is 10.4. The van der Waals surface area contributed by atoms with Crippen LogP contribution in [0.15, 0.2) is 0 Å². The van der Waals surface area contributed by atoms with Crippen LogP contribution in [0.1, 0.15) is 148 Å². The van der Waals surface area contributed by atoms with Crippen LogP contribution in [0.2, 0.25) is 0 Å². The largest absolute Gasteiger partial charge is 0.368 e. The van der Waals surface area contributed by atoms with E-state index in [-0.39, 0.29) is 0 Å². The Kier molecular flexibility index (Phi) is 24.5. The van der Waals surface area contributed by atoms with Gasteiger partial charge < -0.3 is 10.00 Å². The molecule has 29 heavy (non-hydrogen) atoms. The molecule has 176 valence electrons. The topological polar surface area (TPSA) is 66.8 Å². The first-order chi connectivity index (χ1) is 14.2. The minimum atomic E-state index is -3.01. The second-order valence-corrected chi connectivity index (χ2v) is 9.47. The summed E-state index contributed by atoms with van der Waals surface area (Å²) in [4.78, 5) is 8.56. The molecule has 0 aromatic heterocycles. The van der Waals surface area contributed by atoms with Crippen LogP contribution in [-0.4, -0.2) is 16.3 Å². The summed E-state index contributed by atoms with van der Waals surface area (Å²) >= 11 is 0. The van der Waals surface area contributed by atoms with E-state index in [1.165, 1.54) is 122 Å². The van der Waals surface area contributed by atoms with E-state index in [1.807, 2.05) is 0 Å². The summed E-state index contributed by atoms with van der Waals surface area (Å²) in [6.07, 6.45) is 27.7. The van der Waals surface area contributed by atoms with Gasteiger partial charge in [-0.3, -0.25) is 9.09 Å². The fraction of sp³-hybridized carbons (Fsp3) is 1.00. The fourth-order valence-electron chi connectivity index (χ4n) is 3.93. The van der Waals surface area contributed by atoms with Gasteiger partial charge in [0.15, 0.2) is 6.29 Å². The van der Waals surface area contributed by atoms with Crippen LogP contribution >= 0.6 is 8.25 Å². The third-order valence-electron chi connectivity index (χ3n) is 5.79. The maximum atomic E-state index is 10.4. The SMILES string of the molecule is CCCCCCCCCCCCCCCCCCCCCCCC(O)O[PH](=O)O. The van der Waals surface area contributed by atoms with E-state index >= 15 is 0 Å². The van der Waals surface area contributed by atoms with Gasteiger partial charge in [0.25, 0.3) is 0 Å². The van der Waals surface area contributed by atoms with E-state index in [0.29, 0.717) is 6.42 Å². The van der Waals surface area contributed by atoms with Crippen molar-refractivity contribution < 1.29 is 19.1 Å². The van der Waals surface area contributed by atoms with Crippen molar-refractivity contribution in [3.63, 3.8) is 0 Å². The van der Waals surface area contributed by atoms with E-state index in [9.17, 15) is 9.67 Å². The highest BCUT2D eigenvalue weighted by Gasteiger charge is 2.06. The lowest BCUT2D eigenvalue weighted by atomic mass is 10.0. The van der Waals surface area contributed by atoms with Gasteiger partial charge in [0, 0.05) is 0 Å². The van der Waals surface area contributed by atoms with Gasteiger partial charge in [-0.25, -0.2) is 0 Å². The van der Waals surface area contributed by atoms with Gasteiger partial charge in [-0.1, -0.05) is 135 Å². The van der Waals surface area contributed by atoms with E-state index in [2.05, 4.69) is 11.4 Å². The van der Waals surface area contributed by atoms with Crippen LogP contribution in [0.4, 0.5) is 0 Å². The number of aliphatic hydroxyl groups excluding tert-OH is 1. The lowest BCUT2D eigenvalue weighted by molar-refractivity contribution is -0.0257. The smallest absolute Gasteiger partial charge is 0.318 e. The van der Waals surface area contributed by atoms with Crippen molar-refractivity contribution in [2.45, 2.75) is 154 Å². The lowest BCUT2D eigenvalue weighted by Gasteiger charge is -2.08. The quantitative estimate of drug-likeness (QED) is 0.0910. The molecule has 2 unspecified atom stereocenters. The molecule has 4 nitrogen and oxygen atoms in total. The standard InChI is InChI=1S/C24H51O4P/c1-2-3-4-5-6-7-8-9-10-11-12-13-14-15-16-17-18-19-20-21-22-23-24(25)28-29(26)27/h24-25,29H,2-23H2,1H3,(H,26,27). The van der Waals surface area contributed by atoms with Gasteiger partial charge in [-0.15, -0.1) is 0 Å². The highest BCUT2D eigenvalue weighted by Crippen LogP contribution is 2.20. The van der Waals surface area contributed by atoms with Gasteiger partial charge in [0.2, 0.25) is 0 Å². The Balaban J connectivity index is 3.06. The van der Waals surface area contributed by atoms with Crippen molar-refractivity contribution >= 4 is 8.25 Å². The molecule has 0 amide bonds. The second kappa shape index (κ2) is 24.4. The summed E-state index contributed by atoms with van der Waals surface area (Å²) in [6.45, 7) is 2.28. The Bertz CT molecular complexity index is 339. The Labute approximate surface area is 182 Å². The predicted molar refractivity (Wildman–Crippen MR) is 126 cm³/mol. The van der Waals surface area contributed by atoms with E-state index in [0.717, 1.165) is 12.8 Å². The first-order valence-electron chi connectivity index (χ1n) is 12.7. The Morgan fingerprint density at radius 2 is 0.862 bits per heavy atom. The molecule has 0 aliphatic carbocycles. The molecule has 0 aliphatic rings. The van der Waals surface area contributed by atoms with Crippen LogP contribution in [0.5, 0.6) is 0 Å². The van der Waals surface area contributed by atoms with Crippen molar-refractivity contribution in [1.82, 2.24) is 0 Å². The zero-order valence-electron chi connectivity index (χ0n) is 19.3. The summed E-state index contributed by atoms with van der Waals surface area (Å²) in [5.41, 5.74) is 0. The molecule has 0 aromatic rings. The highest BCUT2D eigenvalue weighted by molar-refractivity contribution is 7.32. The van der Waals surface area contributed by atoms with E-state index < -0.39 is 14.5 Å². The summed E-state index contributed by atoms with van der Waals surface area (Å²) in [6, 6.07) is 0. The van der Waals surface area contributed by atoms with Gasteiger partial charge >= 0.3 is 8.25 Å². The fourth-order valence-corrected chi connectivity index (χ4v) is 4.28. The molecule has 0 bridgehead atoms. The Morgan fingerprint density at radius 1 is 0.586 bits per heavy atom. The number of hydrogen-bond donors (Lipinski definition) is 2. The molecule has 0 heterocycles. The van der Waals surface area contributed by atoms with Crippen LogP contribution in [-0.2, 0) is 9.09 Å². The predicted octanol–water partition coefficient (Wildman–Crippen LogP) is 8.31. The number of aliphatic hydroxyl groups is 1. The molecule has 0 aliphatic heterocycles. The number of rotatable bonds is 24. The van der Waals surface area contributed by atoms with E-state index in [1.54, 1.807) is 0 Å². The van der Waals surface area contributed by atoms with Crippen molar-refractivity contribution in [2.24, 2.45) is 0 Å². The Morgan fingerprint density at radius 3 is 1.14 bits per heavy atom. The molecule has 0 aromatic carbocycles. The van der Waals surface area contributed by atoms with Crippen LogP contribution in [0.3, 0.4) is 0 Å². The van der Waals surface area contributed by atoms with Gasteiger partial charge in [0.05, 0.1) is 0 Å². The van der Waals surface area contributed by atoms with Crippen LogP contribution in [0.25, 0.3) is 0 Å². The van der Waals surface area contributed by atoms with Crippen molar-refractivity contribution in [1.29, 1.82) is 0 Å². The molecule has 5 heteroatoms. The zero-order valence-corrected chi connectivity index (χ0v) is 20.3. The molecule has 0 spiro atoms. The summed E-state index contributed by atoms with van der Waals surface area (Å²) in [5, 5.41) is 9.32.